The minimum Gasteiger partial charge on any atom is -0.494 e. The molecule has 1 aromatic carbocycles. The second-order valence-electron chi connectivity index (χ2n) is 10.5. The van der Waals surface area contributed by atoms with Gasteiger partial charge in [0.15, 0.2) is 5.82 Å². The highest BCUT2D eigenvalue weighted by atomic mass is 16.5. The van der Waals surface area contributed by atoms with E-state index in [0.717, 1.165) is 66.6 Å². The minimum atomic E-state index is -0.0156. The Morgan fingerprint density at radius 2 is 1.86 bits per heavy atom. The zero-order valence-electron chi connectivity index (χ0n) is 21.8. The van der Waals surface area contributed by atoms with E-state index < -0.39 is 0 Å². The molecule has 2 aromatic heterocycles. The normalized spacial score (nSPS) is 18.3. The summed E-state index contributed by atoms with van der Waals surface area (Å²) in [6.45, 7) is 5.42. The van der Waals surface area contributed by atoms with E-state index in [-0.39, 0.29) is 11.6 Å². The van der Waals surface area contributed by atoms with Gasteiger partial charge < -0.3 is 9.72 Å². The summed E-state index contributed by atoms with van der Waals surface area (Å²) in [5.41, 5.74) is 1.62. The van der Waals surface area contributed by atoms with Crippen LogP contribution in [0.5, 0.6) is 5.75 Å². The second-order valence-corrected chi connectivity index (χ2v) is 10.5. The lowest BCUT2D eigenvalue weighted by Crippen LogP contribution is -2.41. The number of pyridine rings is 1. The predicted octanol–water partition coefficient (Wildman–Crippen LogP) is 5.70. The zero-order chi connectivity index (χ0) is 24.9. The third-order valence-corrected chi connectivity index (χ3v) is 8.05. The van der Waals surface area contributed by atoms with Gasteiger partial charge in [-0.25, -0.2) is 4.68 Å². The van der Waals surface area contributed by atoms with E-state index in [1.165, 1.54) is 32.1 Å². The standard InChI is InChI=1S/C28H40N6O2/c1-3-10-26(27-30-31-32-34(27)23-13-8-9-14-23)33(22-11-6-5-7-12-22)19-21-17-20-18-24(36-4-2)15-16-25(20)29-28(21)35/h15-18,22-23,26H,3-14,19H2,1-2H3,(H,29,35)/t26-/m0/s1. The molecule has 8 heteroatoms. The molecule has 0 radical (unpaired) electrons. The molecule has 2 heterocycles. The van der Waals surface area contributed by atoms with Crippen LogP contribution in [0, 0.1) is 0 Å². The number of tetrazole rings is 1. The summed E-state index contributed by atoms with van der Waals surface area (Å²) in [4.78, 5) is 18.9. The second kappa shape index (κ2) is 11.5. The molecule has 2 saturated carbocycles. The average Bonchev–Trinajstić information content (AvgIpc) is 3.59. The lowest BCUT2D eigenvalue weighted by Gasteiger charge is -2.39. The highest BCUT2D eigenvalue weighted by molar-refractivity contribution is 5.80. The van der Waals surface area contributed by atoms with Crippen LogP contribution in [0.3, 0.4) is 0 Å². The summed E-state index contributed by atoms with van der Waals surface area (Å²) in [5.74, 6) is 1.80. The van der Waals surface area contributed by atoms with Crippen molar-refractivity contribution in [2.45, 2.75) is 109 Å². The number of hydrogen-bond donors (Lipinski definition) is 1. The van der Waals surface area contributed by atoms with Crippen LogP contribution in [0.25, 0.3) is 10.9 Å². The molecule has 0 spiro atoms. The van der Waals surface area contributed by atoms with E-state index in [1.807, 2.05) is 25.1 Å². The molecule has 0 bridgehead atoms. The van der Waals surface area contributed by atoms with Crippen LogP contribution >= 0.6 is 0 Å². The highest BCUT2D eigenvalue weighted by Crippen LogP contribution is 2.37. The molecule has 0 saturated heterocycles. The van der Waals surface area contributed by atoms with Crippen molar-refractivity contribution in [2.75, 3.05) is 6.61 Å². The Labute approximate surface area is 213 Å². The Kier molecular flexibility index (Phi) is 7.99. The van der Waals surface area contributed by atoms with Crippen LogP contribution in [0.1, 0.15) is 108 Å². The summed E-state index contributed by atoms with van der Waals surface area (Å²) in [6, 6.07) is 8.83. The summed E-state index contributed by atoms with van der Waals surface area (Å²) in [6.07, 6.45) is 12.9. The molecule has 3 aromatic rings. The number of aromatic nitrogens is 5. The molecule has 5 rings (SSSR count). The third kappa shape index (κ3) is 5.33. The van der Waals surface area contributed by atoms with Crippen molar-refractivity contribution in [2.24, 2.45) is 0 Å². The van der Waals surface area contributed by atoms with Gasteiger partial charge in [-0.2, -0.15) is 0 Å². The van der Waals surface area contributed by atoms with Crippen molar-refractivity contribution in [1.29, 1.82) is 0 Å². The van der Waals surface area contributed by atoms with Crippen LogP contribution in [-0.2, 0) is 6.54 Å². The maximum atomic E-state index is 13.2. The molecule has 2 aliphatic rings. The van der Waals surface area contributed by atoms with Gasteiger partial charge in [-0.1, -0.05) is 45.4 Å². The number of nitrogens with one attached hydrogen (secondary N) is 1. The Morgan fingerprint density at radius 1 is 1.08 bits per heavy atom. The highest BCUT2D eigenvalue weighted by Gasteiger charge is 2.34. The molecule has 8 nitrogen and oxygen atoms in total. The first-order valence-corrected chi connectivity index (χ1v) is 14.0. The maximum absolute atomic E-state index is 13.2. The van der Waals surface area contributed by atoms with Crippen molar-refractivity contribution in [3.05, 3.63) is 46.0 Å². The van der Waals surface area contributed by atoms with Crippen LogP contribution in [0.15, 0.2) is 29.1 Å². The molecule has 2 aliphatic carbocycles. The third-order valence-electron chi connectivity index (χ3n) is 8.05. The van der Waals surface area contributed by atoms with E-state index in [9.17, 15) is 4.79 Å². The van der Waals surface area contributed by atoms with Crippen molar-refractivity contribution in [3.63, 3.8) is 0 Å². The number of benzene rings is 1. The number of hydrogen-bond acceptors (Lipinski definition) is 6. The van der Waals surface area contributed by atoms with Gasteiger partial charge in [0.25, 0.3) is 5.56 Å². The van der Waals surface area contributed by atoms with Crippen molar-refractivity contribution in [3.8, 4) is 5.75 Å². The number of fused-ring (bicyclic) bond motifs is 1. The zero-order valence-corrected chi connectivity index (χ0v) is 21.8. The topological polar surface area (TPSA) is 88.9 Å². The largest absolute Gasteiger partial charge is 0.494 e. The van der Waals surface area contributed by atoms with Gasteiger partial charge in [0, 0.05) is 29.1 Å². The minimum absolute atomic E-state index is 0.0156. The number of nitrogens with zero attached hydrogens (tertiary/aromatic N) is 5. The molecule has 36 heavy (non-hydrogen) atoms. The number of aromatic amines is 1. The molecule has 194 valence electrons. The lowest BCUT2D eigenvalue weighted by atomic mass is 9.91. The number of ether oxygens (including phenoxy) is 1. The SMILES string of the molecule is CCC[C@@H](c1nnnn1C1CCCC1)N(Cc1cc2cc(OCC)ccc2[nH]c1=O)C1CCCCC1. The quantitative estimate of drug-likeness (QED) is 0.390. The average molecular weight is 493 g/mol. The van der Waals surface area contributed by atoms with Gasteiger partial charge in [-0.15, -0.1) is 5.10 Å². The molecule has 2 fully saturated rings. The fourth-order valence-corrected chi connectivity index (χ4v) is 6.25. The maximum Gasteiger partial charge on any atom is 0.252 e. The van der Waals surface area contributed by atoms with Crippen LogP contribution in [0.2, 0.25) is 0 Å². The van der Waals surface area contributed by atoms with Gasteiger partial charge in [-0.3, -0.25) is 9.69 Å². The first kappa shape index (κ1) is 24.9. The van der Waals surface area contributed by atoms with Crippen molar-refractivity contribution >= 4 is 10.9 Å². The predicted molar refractivity (Wildman–Crippen MR) is 141 cm³/mol. The summed E-state index contributed by atoms with van der Waals surface area (Å²) in [7, 11) is 0. The lowest BCUT2D eigenvalue weighted by molar-refractivity contribution is 0.0798. The monoisotopic (exact) mass is 492 g/mol. The van der Waals surface area contributed by atoms with E-state index in [0.29, 0.717) is 25.2 Å². The van der Waals surface area contributed by atoms with Crippen molar-refractivity contribution in [1.82, 2.24) is 30.1 Å². The molecular formula is C28H40N6O2. The molecule has 1 atom stereocenters. The van der Waals surface area contributed by atoms with E-state index in [2.05, 4.69) is 43.1 Å². The molecule has 1 N–H and O–H groups in total. The van der Waals surface area contributed by atoms with Crippen LogP contribution in [-0.4, -0.2) is 42.7 Å². The van der Waals surface area contributed by atoms with Crippen LogP contribution < -0.4 is 10.3 Å². The van der Waals surface area contributed by atoms with E-state index >= 15 is 0 Å². The summed E-state index contributed by atoms with van der Waals surface area (Å²) in [5, 5.41) is 14.2. The van der Waals surface area contributed by atoms with Crippen molar-refractivity contribution < 1.29 is 4.74 Å². The molecular weight excluding hydrogens is 452 g/mol. The number of H-pyrrole nitrogens is 1. The van der Waals surface area contributed by atoms with Gasteiger partial charge in [0.05, 0.1) is 18.7 Å². The fourth-order valence-electron chi connectivity index (χ4n) is 6.25. The van der Waals surface area contributed by atoms with E-state index in [4.69, 9.17) is 4.74 Å². The Morgan fingerprint density at radius 3 is 2.61 bits per heavy atom. The first-order valence-electron chi connectivity index (χ1n) is 14.0. The summed E-state index contributed by atoms with van der Waals surface area (Å²) >= 11 is 0. The van der Waals surface area contributed by atoms with Gasteiger partial charge in [0.2, 0.25) is 0 Å². The summed E-state index contributed by atoms with van der Waals surface area (Å²) < 4.78 is 7.83. The first-order chi connectivity index (χ1) is 17.7. The van der Waals surface area contributed by atoms with Crippen LogP contribution in [0.4, 0.5) is 0 Å². The molecule has 0 amide bonds. The Bertz CT molecular complexity index is 1190. The van der Waals surface area contributed by atoms with E-state index in [1.54, 1.807) is 0 Å². The van der Waals surface area contributed by atoms with Gasteiger partial charge in [0.1, 0.15) is 5.75 Å². The Balaban J connectivity index is 1.52. The van der Waals surface area contributed by atoms with Gasteiger partial charge in [-0.05, 0) is 73.7 Å². The smallest absolute Gasteiger partial charge is 0.252 e. The Hall–Kier alpha value is -2.74. The molecule has 0 aliphatic heterocycles. The molecule has 0 unspecified atom stereocenters. The fraction of sp³-hybridized carbons (Fsp3) is 0.643. The number of rotatable bonds is 10. The van der Waals surface area contributed by atoms with Gasteiger partial charge >= 0.3 is 0 Å².